The molecule has 1 fully saturated rings. The molecule has 0 radical (unpaired) electrons. The molecule has 2 aromatic carbocycles. The molecule has 0 bridgehead atoms. The van der Waals surface area contributed by atoms with E-state index in [4.69, 9.17) is 11.6 Å². The van der Waals surface area contributed by atoms with Crippen LogP contribution < -0.4 is 10.2 Å². The monoisotopic (exact) mass is 384 g/mol. The van der Waals surface area contributed by atoms with Crippen LogP contribution in [0.3, 0.4) is 0 Å². The van der Waals surface area contributed by atoms with Crippen LogP contribution in [-0.2, 0) is 9.59 Å². The van der Waals surface area contributed by atoms with E-state index in [1.807, 2.05) is 42.5 Å². The predicted octanol–water partition coefficient (Wildman–Crippen LogP) is 4.10. The van der Waals surface area contributed by atoms with Crippen LogP contribution in [0, 0.1) is 0 Å². The Morgan fingerprint density at radius 1 is 1.19 bits per heavy atom. The highest BCUT2D eigenvalue weighted by Gasteiger charge is 2.31. The van der Waals surface area contributed by atoms with Crippen molar-refractivity contribution in [3.63, 3.8) is 0 Å². The van der Waals surface area contributed by atoms with E-state index in [0.29, 0.717) is 9.93 Å². The summed E-state index contributed by atoms with van der Waals surface area (Å²) in [6.07, 6.45) is 3.88. The first-order valence-electron chi connectivity index (χ1n) is 8.45. The third-order valence-corrected chi connectivity index (χ3v) is 5.57. The summed E-state index contributed by atoms with van der Waals surface area (Å²) < 4.78 is 0. The van der Waals surface area contributed by atoms with Gasteiger partial charge in [0.25, 0.3) is 5.91 Å². The molecule has 1 aliphatic heterocycles. The molecule has 0 atom stereocenters. The van der Waals surface area contributed by atoms with Crippen LogP contribution in [0.1, 0.15) is 18.4 Å². The number of fused-ring (bicyclic) bond motifs is 1. The Balaban J connectivity index is 1.64. The van der Waals surface area contributed by atoms with Crippen LogP contribution in [0.15, 0.2) is 58.3 Å². The maximum absolute atomic E-state index is 13.0. The minimum Gasteiger partial charge on any atom is -0.352 e. The maximum Gasteiger partial charge on any atom is 0.265 e. The molecule has 1 saturated carbocycles. The average molecular weight is 385 g/mol. The number of thioether (sulfide) groups is 1. The molecule has 1 heterocycles. The van der Waals surface area contributed by atoms with Gasteiger partial charge in [0.2, 0.25) is 5.91 Å². The quantitative estimate of drug-likeness (QED) is 0.807. The first-order chi connectivity index (χ1) is 12.6. The molecule has 0 saturated heterocycles. The number of carbonyl (C=O) groups is 2. The first kappa shape index (κ1) is 17.2. The van der Waals surface area contributed by atoms with Gasteiger partial charge in [-0.2, -0.15) is 0 Å². The van der Waals surface area contributed by atoms with Gasteiger partial charge in [-0.05, 0) is 48.7 Å². The molecule has 1 N–H and O–H groups in total. The van der Waals surface area contributed by atoms with E-state index >= 15 is 0 Å². The smallest absolute Gasteiger partial charge is 0.265 e. The van der Waals surface area contributed by atoms with Gasteiger partial charge >= 0.3 is 0 Å². The summed E-state index contributed by atoms with van der Waals surface area (Å²) in [4.78, 5) is 28.4. The molecule has 2 aromatic rings. The Labute approximate surface area is 161 Å². The molecular weight excluding hydrogens is 368 g/mol. The number of nitrogens with one attached hydrogen (secondary N) is 1. The van der Waals surface area contributed by atoms with E-state index in [0.717, 1.165) is 29.0 Å². The van der Waals surface area contributed by atoms with Crippen LogP contribution in [-0.4, -0.2) is 24.4 Å². The number of hydrogen-bond donors (Lipinski definition) is 1. The minimum atomic E-state index is -0.158. The van der Waals surface area contributed by atoms with E-state index in [1.165, 1.54) is 11.8 Å². The van der Waals surface area contributed by atoms with Gasteiger partial charge in [-0.25, -0.2) is 0 Å². The number of benzene rings is 2. The van der Waals surface area contributed by atoms with Gasteiger partial charge in [-0.1, -0.05) is 47.6 Å². The molecule has 4 nitrogen and oxygen atoms in total. The number of para-hydroxylation sites is 1. The largest absolute Gasteiger partial charge is 0.352 e. The fraction of sp³-hybridized carbons (Fsp3) is 0.200. The van der Waals surface area contributed by atoms with Gasteiger partial charge in [0.15, 0.2) is 0 Å². The molecule has 4 rings (SSSR count). The van der Waals surface area contributed by atoms with Crippen LogP contribution in [0.5, 0.6) is 0 Å². The van der Waals surface area contributed by atoms with Crippen molar-refractivity contribution in [2.24, 2.45) is 0 Å². The number of halogens is 1. The van der Waals surface area contributed by atoms with Crippen LogP contribution in [0.4, 0.5) is 5.69 Å². The summed E-state index contributed by atoms with van der Waals surface area (Å²) >= 11 is 7.36. The van der Waals surface area contributed by atoms with Crippen LogP contribution in [0.25, 0.3) is 6.08 Å². The number of rotatable bonds is 4. The molecule has 1 aliphatic carbocycles. The number of amides is 2. The lowest BCUT2D eigenvalue weighted by atomic mass is 10.2. The van der Waals surface area contributed by atoms with Crippen molar-refractivity contribution in [3.05, 3.63) is 64.0 Å². The molecule has 26 heavy (non-hydrogen) atoms. The highest BCUT2D eigenvalue weighted by Crippen LogP contribution is 2.42. The maximum atomic E-state index is 13.0. The zero-order chi connectivity index (χ0) is 18.1. The Morgan fingerprint density at radius 3 is 2.65 bits per heavy atom. The zero-order valence-corrected chi connectivity index (χ0v) is 15.5. The second kappa shape index (κ2) is 7.17. The predicted molar refractivity (Wildman–Crippen MR) is 105 cm³/mol. The topological polar surface area (TPSA) is 49.4 Å². The SMILES string of the molecule is O=C(CN1C(=O)/C(=C/c2ccc(Cl)cc2)Sc2ccccc21)NC1CC1. The number of nitrogens with zero attached hydrogens (tertiary/aromatic N) is 1. The molecule has 0 aromatic heterocycles. The van der Waals surface area contributed by atoms with Gasteiger partial charge in [-0.15, -0.1) is 0 Å². The summed E-state index contributed by atoms with van der Waals surface area (Å²) in [6.45, 7) is 0.0326. The van der Waals surface area contributed by atoms with Crippen molar-refractivity contribution in [1.82, 2.24) is 5.32 Å². The van der Waals surface area contributed by atoms with Crippen molar-refractivity contribution in [1.29, 1.82) is 0 Å². The highest BCUT2D eigenvalue weighted by atomic mass is 35.5. The lowest BCUT2D eigenvalue weighted by molar-refractivity contribution is -0.122. The van der Waals surface area contributed by atoms with Crippen molar-refractivity contribution < 1.29 is 9.59 Å². The van der Waals surface area contributed by atoms with E-state index in [2.05, 4.69) is 5.32 Å². The third-order valence-electron chi connectivity index (χ3n) is 4.24. The molecule has 0 unspecified atom stereocenters. The lowest BCUT2D eigenvalue weighted by Gasteiger charge is -2.29. The molecule has 0 spiro atoms. The summed E-state index contributed by atoms with van der Waals surface area (Å²) in [5.41, 5.74) is 1.67. The Morgan fingerprint density at radius 2 is 1.92 bits per heavy atom. The fourth-order valence-electron chi connectivity index (χ4n) is 2.77. The van der Waals surface area contributed by atoms with Gasteiger partial charge in [0.05, 0.1) is 10.6 Å². The molecule has 6 heteroatoms. The van der Waals surface area contributed by atoms with Crippen LogP contribution >= 0.6 is 23.4 Å². The second-order valence-electron chi connectivity index (χ2n) is 6.36. The number of carbonyl (C=O) groups excluding carboxylic acids is 2. The molecule has 2 aliphatic rings. The Hall–Kier alpha value is -2.24. The highest BCUT2D eigenvalue weighted by molar-refractivity contribution is 8.04. The average Bonchev–Trinajstić information content (AvgIpc) is 3.44. The van der Waals surface area contributed by atoms with E-state index in [-0.39, 0.29) is 24.4 Å². The van der Waals surface area contributed by atoms with Crippen molar-refractivity contribution in [3.8, 4) is 0 Å². The van der Waals surface area contributed by atoms with Crippen LogP contribution in [0.2, 0.25) is 5.02 Å². The zero-order valence-electron chi connectivity index (χ0n) is 13.9. The number of anilines is 1. The third kappa shape index (κ3) is 3.79. The van der Waals surface area contributed by atoms with E-state index < -0.39 is 0 Å². The summed E-state index contributed by atoms with van der Waals surface area (Å²) in [5.74, 6) is -0.275. The Kier molecular flexibility index (Phi) is 4.74. The summed E-state index contributed by atoms with van der Waals surface area (Å²) in [6, 6.07) is 15.3. The molecule has 132 valence electrons. The molecular formula is C20H17ClN2O2S. The van der Waals surface area contributed by atoms with Crippen molar-refractivity contribution in [2.45, 2.75) is 23.8 Å². The van der Waals surface area contributed by atoms with Gasteiger partial charge < -0.3 is 5.32 Å². The van der Waals surface area contributed by atoms with E-state index in [9.17, 15) is 9.59 Å². The number of hydrogen-bond acceptors (Lipinski definition) is 3. The second-order valence-corrected chi connectivity index (χ2v) is 7.88. The normalized spacial score (nSPS) is 18.0. The van der Waals surface area contributed by atoms with Gasteiger partial charge in [-0.3, -0.25) is 14.5 Å². The summed E-state index contributed by atoms with van der Waals surface area (Å²) in [5, 5.41) is 3.60. The summed E-state index contributed by atoms with van der Waals surface area (Å²) in [7, 11) is 0. The van der Waals surface area contributed by atoms with Crippen molar-refractivity contribution >= 4 is 46.9 Å². The van der Waals surface area contributed by atoms with Gasteiger partial charge in [0.1, 0.15) is 6.54 Å². The van der Waals surface area contributed by atoms with E-state index in [1.54, 1.807) is 17.0 Å². The molecule has 2 amide bonds. The lowest BCUT2D eigenvalue weighted by Crippen LogP contribution is -2.43. The van der Waals surface area contributed by atoms with Gasteiger partial charge in [0, 0.05) is 16.0 Å². The fourth-order valence-corrected chi connectivity index (χ4v) is 3.96. The standard InChI is InChI=1S/C20H17ClN2O2S/c21-14-7-5-13(6-8-14)11-18-20(25)23(12-19(24)22-15-9-10-15)16-3-1-2-4-17(16)26-18/h1-8,11,15H,9-10,12H2,(H,22,24)/b18-11-. The Bertz CT molecular complexity index is 891. The first-order valence-corrected chi connectivity index (χ1v) is 9.65. The van der Waals surface area contributed by atoms with Crippen molar-refractivity contribution in [2.75, 3.05) is 11.4 Å². The minimum absolute atomic E-state index is 0.0326.